The van der Waals surface area contributed by atoms with Crippen molar-refractivity contribution in [3.8, 4) is 75.1 Å². The van der Waals surface area contributed by atoms with Crippen LogP contribution in [0.25, 0.3) is 0 Å². The number of ether oxygens (including phenoxy) is 17. The summed E-state index contributed by atoms with van der Waals surface area (Å²) in [7, 11) is 0. The summed E-state index contributed by atoms with van der Waals surface area (Å²) in [5.41, 5.74) is 2.95. The number of ketones is 2. The van der Waals surface area contributed by atoms with Gasteiger partial charge in [-0.15, -0.1) is 46.4 Å². The van der Waals surface area contributed by atoms with Crippen LogP contribution in [0.2, 0.25) is 30.1 Å². The molecular weight excluding hydrogens is 2180 g/mol. The van der Waals surface area contributed by atoms with E-state index in [9.17, 15) is 38.4 Å². The van der Waals surface area contributed by atoms with E-state index in [0.29, 0.717) is 166 Å². The van der Waals surface area contributed by atoms with Crippen molar-refractivity contribution in [2.75, 3.05) is 90.5 Å². The molecule has 5 atom stereocenters. The van der Waals surface area contributed by atoms with Gasteiger partial charge in [0.15, 0.2) is 80.9 Å². The highest BCUT2D eigenvalue weighted by atomic mass is 35.5. The second-order valence-corrected chi connectivity index (χ2v) is 41.8. The molecule has 1 unspecified atom stereocenters. The number of hydrogen-bond acceptors (Lipinski definition) is 32. The Bertz CT molecular complexity index is 5080. The van der Waals surface area contributed by atoms with Gasteiger partial charge in [0.05, 0.1) is 31.8 Å². The van der Waals surface area contributed by atoms with Gasteiger partial charge in [0.1, 0.15) is 46.3 Å². The van der Waals surface area contributed by atoms with Crippen molar-refractivity contribution in [3.63, 3.8) is 0 Å². The van der Waals surface area contributed by atoms with Crippen molar-refractivity contribution in [3.05, 3.63) is 148 Å². The van der Waals surface area contributed by atoms with E-state index in [4.69, 9.17) is 217 Å². The van der Waals surface area contributed by atoms with E-state index < -0.39 is 63.9 Å². The molecule has 0 spiro atoms. The van der Waals surface area contributed by atoms with Crippen LogP contribution in [0.5, 0.6) is 69.0 Å². The first kappa shape index (κ1) is 141. The Kier molecular flexibility index (Phi) is 65.0. The van der Waals surface area contributed by atoms with E-state index in [2.05, 4.69) is 21.3 Å². The number of fused-ring (bicyclic) bond motifs is 6. The molecule has 6 aliphatic heterocycles. The predicted molar refractivity (Wildman–Crippen MR) is 593 cm³/mol. The lowest BCUT2D eigenvalue weighted by molar-refractivity contribution is -0.157. The number of carboxylic acid groups (broad SMARTS) is 1. The lowest BCUT2D eigenvalue weighted by Gasteiger charge is -2.23. The topological polar surface area (TPSA) is 426 Å². The number of aliphatic hydroxyl groups excluding tert-OH is 2. The maximum Gasteiger partial charge on any atom is 0.335 e. The van der Waals surface area contributed by atoms with Gasteiger partial charge in [0, 0.05) is 139 Å². The van der Waals surface area contributed by atoms with Gasteiger partial charge in [-0.2, -0.15) is 18.8 Å². The molecule has 0 bridgehead atoms. The Hall–Kier alpha value is -8.84. The highest BCUT2D eigenvalue weighted by molar-refractivity contribution is 7.59. The standard InChI is InChI=1S/3C18H25Cl2NO4.C18H23Cl2NO4.C15H17ClO5.C9H6ClNO2.C5H8O5.5CH4.H2S/c4*1-18(2,3)25-17(22)9-13(21-6-4-5-19)7-12-8-15-16(10-14(12)20)24-11-23-15;1-15(2,3)21-14(18)6-10(17)4-9-5-12-13(7-11(9)16)20-8-19-12;10-7-4-9-8(12-5-13-9)3-6(7)1-2-11;1-2(6)3(7)4(8)5(9)10;;;;;;/h3*8,10,13,21H,4-7,9,11H2,1-3H3;8-10,21H,4-7,11H2,1-3H3;5,7H,4,6,8H2,1-3H3;3-4H,1,5H2;3-4,7-8H,1H3,(H,9,10);5*1H4;1H2/b;;;13-9-;;;;;;;;;/t2*13-;;;;;3-,4+;;;;;;/m11....0....../s1. The van der Waals surface area contributed by atoms with Crippen molar-refractivity contribution in [2.24, 2.45) is 0 Å². The van der Waals surface area contributed by atoms with E-state index in [-0.39, 0.29) is 172 Å². The quantitative estimate of drug-likeness (QED) is 0.00470. The van der Waals surface area contributed by atoms with Crippen LogP contribution in [0, 0.1) is 11.3 Å². The predicted octanol–water partition coefficient (Wildman–Crippen LogP) is 22.6. The maximum absolute atomic E-state index is 12.2. The molecule has 150 heavy (non-hydrogen) atoms. The molecule has 7 N–H and O–H groups in total. The van der Waals surface area contributed by atoms with Crippen LogP contribution >= 0.6 is 130 Å². The average molecular weight is 2330 g/mol. The molecule has 844 valence electrons. The van der Waals surface area contributed by atoms with Gasteiger partial charge in [0.25, 0.3) is 0 Å². The molecule has 6 heterocycles. The number of aliphatic hydroxyl groups is 2. The zero-order valence-electron chi connectivity index (χ0n) is 84.0. The van der Waals surface area contributed by atoms with Crippen LogP contribution in [0.4, 0.5) is 0 Å². The average Bonchev–Trinajstić information content (AvgIpc) is 1.37. The highest BCUT2D eigenvalue weighted by Crippen LogP contribution is 2.44. The van der Waals surface area contributed by atoms with Gasteiger partial charge in [-0.05, 0) is 245 Å². The molecule has 44 heteroatoms. The van der Waals surface area contributed by atoms with E-state index >= 15 is 0 Å². The molecular formula is C106H151Cl10N5O28S. The number of carbonyl (C=O) groups excluding carboxylic acids is 7. The fourth-order valence-electron chi connectivity index (χ4n) is 13.4. The molecule has 0 saturated heterocycles. The van der Waals surface area contributed by atoms with Gasteiger partial charge < -0.3 is 117 Å². The summed E-state index contributed by atoms with van der Waals surface area (Å²) < 4.78 is 90.4. The Morgan fingerprint density at radius 1 is 0.367 bits per heavy atom. The van der Waals surface area contributed by atoms with Crippen molar-refractivity contribution >= 4 is 177 Å². The van der Waals surface area contributed by atoms with Gasteiger partial charge in [-0.25, -0.2) is 9.59 Å². The van der Waals surface area contributed by atoms with E-state index in [0.717, 1.165) is 80.1 Å². The molecule has 0 radical (unpaired) electrons. The third kappa shape index (κ3) is 53.3. The largest absolute Gasteiger partial charge is 0.479 e. The van der Waals surface area contributed by atoms with E-state index in [1.165, 1.54) is 6.08 Å². The minimum absolute atomic E-state index is 0. The maximum atomic E-state index is 12.2. The number of benzene rings is 6. The number of carbonyl (C=O) groups is 8. The van der Waals surface area contributed by atoms with Crippen molar-refractivity contribution in [2.45, 2.75) is 296 Å². The zero-order valence-corrected chi connectivity index (χ0v) is 92.5. The molecule has 0 amide bonds. The molecule has 0 saturated carbocycles. The van der Waals surface area contributed by atoms with Gasteiger partial charge >= 0.3 is 35.8 Å². The minimum atomic E-state index is -2.02. The fraction of sp³-hybridized carbons (Fsp3) is 0.557. The number of Topliss-reactive ketones (excluding diaryl/α,β-unsaturated/α-hetero) is 2. The SMILES string of the molecule is C.C.C.C.C.CC(=O)[C@H](O)[C@@H](O)C(=O)O.CC(C)(C)OC(=O)/C=C(/Cc1cc2c(cc1Cl)OCO2)NCCCCl.CC(C)(C)OC(=O)CC(=O)Cc1cc2c(cc1Cl)OCO2.CC(C)(C)OC(=O)CC(Cc1cc2c(cc1Cl)OCO2)NCCCCl.CC(C)(C)OC(=O)C[C@@H](Cc1cc2c(cc1Cl)OCO2)NCCCCl.CC(C)(C)OC(=O)C[C@@H](Cc1cc2c(cc1Cl)OCO2)NCCCCl.N#CCc1cc2c(cc1Cl)OCO2.S. The third-order valence-electron chi connectivity index (χ3n) is 19.5. The Morgan fingerprint density at radius 2 is 0.607 bits per heavy atom. The second kappa shape index (κ2) is 69.1. The Balaban J connectivity index is 0.00000174. The molecule has 0 aliphatic carbocycles. The van der Waals surface area contributed by atoms with Crippen molar-refractivity contribution in [1.82, 2.24) is 21.3 Å². The van der Waals surface area contributed by atoms with Crippen molar-refractivity contribution < 1.29 is 134 Å². The number of esters is 5. The monoisotopic (exact) mass is 2320 g/mol. The number of allylic oxidation sites excluding steroid dienone is 1. The number of aliphatic carboxylic acids is 1. The molecule has 6 aromatic carbocycles. The highest BCUT2D eigenvalue weighted by Gasteiger charge is 2.32. The van der Waals surface area contributed by atoms with Crippen LogP contribution in [0.15, 0.2) is 84.6 Å². The summed E-state index contributed by atoms with van der Waals surface area (Å²) in [6.45, 7) is 32.4. The second-order valence-electron chi connectivity index (χ2n) is 37.8. The Labute approximate surface area is 940 Å². The zero-order chi connectivity index (χ0) is 107. The van der Waals surface area contributed by atoms with Crippen LogP contribution in [-0.2, 0) is 101 Å². The summed E-state index contributed by atoms with van der Waals surface area (Å²) in [4.78, 5) is 92.4. The summed E-state index contributed by atoms with van der Waals surface area (Å²) in [5, 5.41) is 50.3. The van der Waals surface area contributed by atoms with Gasteiger partial charge in [-0.1, -0.05) is 107 Å². The first-order chi connectivity index (χ1) is 67.6. The number of alkyl halides is 4. The smallest absolute Gasteiger partial charge is 0.335 e. The summed E-state index contributed by atoms with van der Waals surface area (Å²) in [6.07, 6.45) is 3.87. The summed E-state index contributed by atoms with van der Waals surface area (Å²) in [5.74, 6) is 5.60. The number of nitrogens with zero attached hydrogens (tertiary/aromatic N) is 1. The lowest BCUT2D eigenvalue weighted by atomic mass is 10.0. The normalized spacial score (nSPS) is 13.5. The van der Waals surface area contributed by atoms with E-state index in [1.54, 1.807) is 69.3 Å². The minimum Gasteiger partial charge on any atom is -0.479 e. The third-order valence-corrected chi connectivity index (χ3v) is 22.7. The number of nitrogens with one attached hydrogen (secondary N) is 4. The summed E-state index contributed by atoms with van der Waals surface area (Å²) >= 11 is 60.3. The lowest BCUT2D eigenvalue weighted by Crippen LogP contribution is -2.38. The van der Waals surface area contributed by atoms with E-state index in [1.807, 2.05) is 113 Å². The van der Waals surface area contributed by atoms with Crippen molar-refractivity contribution in [1.29, 1.82) is 5.26 Å². The number of nitriles is 1. The molecule has 0 fully saturated rings. The number of rotatable bonds is 39. The summed E-state index contributed by atoms with van der Waals surface area (Å²) in [6, 6.07) is 22.9. The molecule has 33 nitrogen and oxygen atoms in total. The van der Waals surface area contributed by atoms with Crippen LogP contribution in [0.1, 0.15) is 233 Å². The molecule has 0 aromatic heterocycles. The van der Waals surface area contributed by atoms with Crippen LogP contribution in [-0.4, -0.2) is 211 Å². The first-order valence-electron chi connectivity index (χ1n) is 46.1. The first-order valence-corrected chi connectivity index (χ1v) is 50.5. The number of halogens is 10. The van der Waals surface area contributed by atoms with Gasteiger partial charge in [0.2, 0.25) is 40.8 Å². The fourth-order valence-corrected chi connectivity index (χ4v) is 15.3. The van der Waals surface area contributed by atoms with Gasteiger partial charge in [-0.3, -0.25) is 28.8 Å². The molecule has 6 aromatic rings. The molecule has 12 rings (SSSR count). The molecule has 6 aliphatic rings. The number of hydrogen-bond donors (Lipinski definition) is 7. The Morgan fingerprint density at radius 3 is 0.860 bits per heavy atom. The number of carboxylic acids is 1. The van der Waals surface area contributed by atoms with Crippen LogP contribution < -0.4 is 78.1 Å². The van der Waals surface area contributed by atoms with Crippen LogP contribution in [0.3, 0.4) is 0 Å².